The number of methoxy groups -OCH3 is 1. The minimum Gasteiger partial charge on any atom is -0.467 e. The summed E-state index contributed by atoms with van der Waals surface area (Å²) >= 11 is 0. The summed E-state index contributed by atoms with van der Waals surface area (Å²) in [5.74, 6) is 0.323. The summed E-state index contributed by atoms with van der Waals surface area (Å²) in [5.41, 5.74) is 5.63. The molecular weight excluding hydrogens is 268 g/mol. The third-order valence-electron chi connectivity index (χ3n) is 4.33. The molecule has 0 saturated carbocycles. The van der Waals surface area contributed by atoms with Gasteiger partial charge in [0.2, 0.25) is 5.91 Å². The normalized spacial score (nSPS) is 20.1. The predicted molar refractivity (Wildman–Crippen MR) is 82.7 cm³/mol. The summed E-state index contributed by atoms with van der Waals surface area (Å²) < 4.78 is 4.82. The van der Waals surface area contributed by atoms with Crippen LogP contribution in [-0.2, 0) is 14.3 Å². The molecule has 1 aliphatic heterocycles. The van der Waals surface area contributed by atoms with Gasteiger partial charge in [-0.3, -0.25) is 4.79 Å². The Kier molecular flexibility index (Phi) is 8.35. The van der Waals surface area contributed by atoms with Crippen molar-refractivity contribution in [3.8, 4) is 0 Å². The number of ether oxygens (including phenoxy) is 1. The standard InChI is InChI=1S/C16H30N2O3/c1-3-6-13(10-11-17)8-9-15(19)18-12-5-4-7-14(18)16(20)21-2/h13-14H,3-12,17H2,1-2H3. The van der Waals surface area contributed by atoms with Crippen molar-refractivity contribution in [2.75, 3.05) is 20.2 Å². The number of likely N-dealkylation sites (tertiary alicyclic amines) is 1. The summed E-state index contributed by atoms with van der Waals surface area (Å²) in [5, 5.41) is 0. The number of nitrogens with zero attached hydrogens (tertiary/aromatic N) is 1. The van der Waals surface area contributed by atoms with Crippen molar-refractivity contribution < 1.29 is 14.3 Å². The van der Waals surface area contributed by atoms with Crippen LogP contribution in [0.1, 0.15) is 58.3 Å². The van der Waals surface area contributed by atoms with E-state index in [4.69, 9.17) is 10.5 Å². The Bertz CT molecular complexity index is 327. The van der Waals surface area contributed by atoms with E-state index < -0.39 is 0 Å². The van der Waals surface area contributed by atoms with Gasteiger partial charge < -0.3 is 15.4 Å². The van der Waals surface area contributed by atoms with E-state index in [0.717, 1.165) is 44.9 Å². The van der Waals surface area contributed by atoms with Gasteiger partial charge in [0.15, 0.2) is 0 Å². The first-order valence-corrected chi connectivity index (χ1v) is 8.21. The number of esters is 1. The van der Waals surface area contributed by atoms with Gasteiger partial charge in [0.25, 0.3) is 0 Å². The summed E-state index contributed by atoms with van der Waals surface area (Å²) in [6.45, 7) is 3.50. The van der Waals surface area contributed by atoms with Gasteiger partial charge in [0, 0.05) is 13.0 Å². The molecule has 1 amide bonds. The van der Waals surface area contributed by atoms with E-state index in [-0.39, 0.29) is 17.9 Å². The number of nitrogens with two attached hydrogens (primary N) is 1. The number of carbonyl (C=O) groups is 2. The topological polar surface area (TPSA) is 72.6 Å². The second kappa shape index (κ2) is 9.77. The van der Waals surface area contributed by atoms with E-state index in [1.165, 1.54) is 7.11 Å². The molecular formula is C16H30N2O3. The molecule has 1 aliphatic rings. The van der Waals surface area contributed by atoms with Crippen LogP contribution in [0.5, 0.6) is 0 Å². The Balaban J connectivity index is 2.53. The Morgan fingerprint density at radius 1 is 1.29 bits per heavy atom. The first-order chi connectivity index (χ1) is 10.1. The fourth-order valence-electron chi connectivity index (χ4n) is 3.16. The van der Waals surface area contributed by atoms with Gasteiger partial charge >= 0.3 is 5.97 Å². The largest absolute Gasteiger partial charge is 0.467 e. The Hall–Kier alpha value is -1.10. The third-order valence-corrected chi connectivity index (χ3v) is 4.33. The van der Waals surface area contributed by atoms with E-state index in [1.54, 1.807) is 4.90 Å². The van der Waals surface area contributed by atoms with Crippen molar-refractivity contribution in [3.63, 3.8) is 0 Å². The highest BCUT2D eigenvalue weighted by Gasteiger charge is 2.32. The highest BCUT2D eigenvalue weighted by molar-refractivity contribution is 5.84. The Morgan fingerprint density at radius 3 is 2.67 bits per heavy atom. The number of piperidine rings is 1. The molecule has 2 unspecified atom stereocenters. The minimum atomic E-state index is -0.379. The van der Waals surface area contributed by atoms with Gasteiger partial charge in [0.1, 0.15) is 6.04 Å². The molecule has 5 heteroatoms. The number of hydrogen-bond donors (Lipinski definition) is 1. The van der Waals surface area contributed by atoms with E-state index in [9.17, 15) is 9.59 Å². The maximum absolute atomic E-state index is 12.4. The molecule has 1 fully saturated rings. The minimum absolute atomic E-state index is 0.0863. The van der Waals surface area contributed by atoms with E-state index >= 15 is 0 Å². The van der Waals surface area contributed by atoms with Crippen LogP contribution < -0.4 is 5.73 Å². The lowest BCUT2D eigenvalue weighted by atomic mass is 9.93. The molecule has 2 atom stereocenters. The molecule has 0 radical (unpaired) electrons. The van der Waals surface area contributed by atoms with Crippen LogP contribution in [0, 0.1) is 5.92 Å². The molecule has 21 heavy (non-hydrogen) atoms. The molecule has 0 aromatic rings. The summed E-state index contributed by atoms with van der Waals surface area (Å²) in [6.07, 6.45) is 7.27. The Labute approximate surface area is 128 Å². The van der Waals surface area contributed by atoms with E-state index in [2.05, 4.69) is 6.92 Å². The quantitative estimate of drug-likeness (QED) is 0.696. The fraction of sp³-hybridized carbons (Fsp3) is 0.875. The van der Waals surface area contributed by atoms with Gasteiger partial charge in [-0.25, -0.2) is 4.79 Å². The molecule has 0 aliphatic carbocycles. The monoisotopic (exact) mass is 298 g/mol. The zero-order valence-corrected chi connectivity index (χ0v) is 13.5. The van der Waals surface area contributed by atoms with E-state index in [0.29, 0.717) is 25.4 Å². The summed E-state index contributed by atoms with van der Waals surface area (Å²) in [6, 6.07) is -0.379. The van der Waals surface area contributed by atoms with Crippen LogP contribution in [0.25, 0.3) is 0 Å². The van der Waals surface area contributed by atoms with Crippen molar-refractivity contribution in [2.45, 2.75) is 64.3 Å². The predicted octanol–water partition coefficient (Wildman–Crippen LogP) is 2.09. The molecule has 2 N–H and O–H groups in total. The highest BCUT2D eigenvalue weighted by atomic mass is 16.5. The smallest absolute Gasteiger partial charge is 0.328 e. The molecule has 0 aromatic carbocycles. The number of hydrogen-bond acceptors (Lipinski definition) is 4. The molecule has 122 valence electrons. The SMILES string of the molecule is CCCC(CCN)CCC(=O)N1CCCCC1C(=O)OC. The second-order valence-corrected chi connectivity index (χ2v) is 5.89. The Morgan fingerprint density at radius 2 is 2.05 bits per heavy atom. The van der Waals surface area contributed by atoms with Crippen LogP contribution in [0.3, 0.4) is 0 Å². The lowest BCUT2D eigenvalue weighted by Gasteiger charge is -2.34. The maximum Gasteiger partial charge on any atom is 0.328 e. The zero-order chi connectivity index (χ0) is 15.7. The molecule has 1 saturated heterocycles. The molecule has 1 rings (SSSR count). The third kappa shape index (κ3) is 5.65. The van der Waals surface area contributed by atoms with Crippen LogP contribution in [0.4, 0.5) is 0 Å². The molecule has 0 aromatic heterocycles. The van der Waals surface area contributed by atoms with Crippen molar-refractivity contribution in [2.24, 2.45) is 11.7 Å². The lowest BCUT2D eigenvalue weighted by molar-refractivity contribution is -0.154. The highest BCUT2D eigenvalue weighted by Crippen LogP contribution is 2.22. The summed E-state index contributed by atoms with van der Waals surface area (Å²) in [4.78, 5) is 25.9. The van der Waals surface area contributed by atoms with Crippen molar-refractivity contribution in [1.82, 2.24) is 4.90 Å². The molecule has 1 heterocycles. The van der Waals surface area contributed by atoms with Crippen LogP contribution in [0.15, 0.2) is 0 Å². The van der Waals surface area contributed by atoms with Crippen molar-refractivity contribution in [1.29, 1.82) is 0 Å². The second-order valence-electron chi connectivity index (χ2n) is 5.89. The molecule has 0 spiro atoms. The molecule has 0 bridgehead atoms. The lowest BCUT2D eigenvalue weighted by Crippen LogP contribution is -2.48. The van der Waals surface area contributed by atoms with Crippen LogP contribution in [0.2, 0.25) is 0 Å². The first-order valence-electron chi connectivity index (χ1n) is 8.21. The van der Waals surface area contributed by atoms with Crippen molar-refractivity contribution >= 4 is 11.9 Å². The van der Waals surface area contributed by atoms with Gasteiger partial charge in [0.05, 0.1) is 7.11 Å². The number of amides is 1. The summed E-state index contributed by atoms with van der Waals surface area (Å²) in [7, 11) is 1.39. The average molecular weight is 298 g/mol. The average Bonchev–Trinajstić information content (AvgIpc) is 2.52. The number of rotatable bonds is 8. The number of carbonyl (C=O) groups excluding carboxylic acids is 2. The van der Waals surface area contributed by atoms with Gasteiger partial charge in [-0.05, 0) is 44.6 Å². The van der Waals surface area contributed by atoms with Crippen LogP contribution in [-0.4, -0.2) is 43.0 Å². The first kappa shape index (κ1) is 18.0. The van der Waals surface area contributed by atoms with Gasteiger partial charge in [-0.1, -0.05) is 19.8 Å². The maximum atomic E-state index is 12.4. The van der Waals surface area contributed by atoms with Crippen molar-refractivity contribution in [3.05, 3.63) is 0 Å². The molecule has 5 nitrogen and oxygen atoms in total. The van der Waals surface area contributed by atoms with Gasteiger partial charge in [-0.15, -0.1) is 0 Å². The van der Waals surface area contributed by atoms with Gasteiger partial charge in [-0.2, -0.15) is 0 Å². The fourth-order valence-corrected chi connectivity index (χ4v) is 3.16. The van der Waals surface area contributed by atoms with Crippen LogP contribution >= 0.6 is 0 Å². The zero-order valence-electron chi connectivity index (χ0n) is 13.5. The van der Waals surface area contributed by atoms with E-state index in [1.807, 2.05) is 0 Å².